The zero-order chi connectivity index (χ0) is 20.6. The molecule has 0 spiro atoms. The van der Waals surface area contributed by atoms with E-state index in [1.807, 2.05) is 50.4 Å². The number of furan rings is 1. The van der Waals surface area contributed by atoms with E-state index < -0.39 is 0 Å². The van der Waals surface area contributed by atoms with Gasteiger partial charge in [-0.05, 0) is 23.6 Å². The number of nitrogens with two attached hydrogens (primary N) is 1. The molecular weight excluding hydrogens is 408 g/mol. The highest BCUT2D eigenvalue weighted by Gasteiger charge is 2.35. The number of thiophene rings is 1. The lowest BCUT2D eigenvalue weighted by Crippen LogP contribution is -2.28. The summed E-state index contributed by atoms with van der Waals surface area (Å²) in [5.41, 5.74) is 0.537. The number of carbonyl (C=O) groups is 1. The van der Waals surface area contributed by atoms with Gasteiger partial charge in [0, 0.05) is 16.7 Å². The number of nitrogen functional groups attached to an aromatic ring is 1. The monoisotopic (exact) mass is 430 g/mol. The molecule has 2 N–H and O–H groups in total. The summed E-state index contributed by atoms with van der Waals surface area (Å²) in [6.07, 6.45) is 2.23. The Morgan fingerprint density at radius 2 is 2.17 bits per heavy atom. The Bertz CT molecular complexity index is 1020. The predicted molar refractivity (Wildman–Crippen MR) is 113 cm³/mol. The lowest BCUT2D eigenvalue weighted by Gasteiger charge is -2.20. The summed E-state index contributed by atoms with van der Waals surface area (Å²) in [7, 11) is 0. The molecule has 8 nitrogen and oxygen atoms in total. The molecule has 29 heavy (non-hydrogen) atoms. The van der Waals surface area contributed by atoms with Crippen LogP contribution < -0.4 is 5.84 Å². The Morgan fingerprint density at radius 3 is 2.79 bits per heavy atom. The number of amides is 1. The van der Waals surface area contributed by atoms with E-state index in [4.69, 9.17) is 10.3 Å². The second-order valence-corrected chi connectivity index (χ2v) is 9.63. The van der Waals surface area contributed by atoms with Crippen molar-refractivity contribution in [1.82, 2.24) is 19.9 Å². The van der Waals surface area contributed by atoms with Crippen LogP contribution in [0.3, 0.4) is 0 Å². The van der Waals surface area contributed by atoms with E-state index in [9.17, 15) is 4.79 Å². The molecule has 1 amide bonds. The number of nitrogens with zero attached hydrogens (tertiary/aromatic N) is 5. The van der Waals surface area contributed by atoms with Gasteiger partial charge in [0.25, 0.3) is 5.91 Å². The van der Waals surface area contributed by atoms with Crippen LogP contribution in [0.4, 0.5) is 0 Å². The molecule has 0 fully saturated rings. The summed E-state index contributed by atoms with van der Waals surface area (Å²) in [6.45, 7) is 6.04. The third-order valence-corrected chi connectivity index (χ3v) is 6.40. The summed E-state index contributed by atoms with van der Waals surface area (Å²) in [4.78, 5) is 14.1. The van der Waals surface area contributed by atoms with Crippen molar-refractivity contribution in [3.63, 3.8) is 0 Å². The molecule has 10 heteroatoms. The van der Waals surface area contributed by atoms with Gasteiger partial charge in [-0.25, -0.2) is 9.69 Å². The van der Waals surface area contributed by atoms with Crippen molar-refractivity contribution < 1.29 is 9.21 Å². The van der Waals surface area contributed by atoms with E-state index >= 15 is 0 Å². The van der Waals surface area contributed by atoms with Gasteiger partial charge in [-0.1, -0.05) is 38.6 Å². The van der Waals surface area contributed by atoms with Crippen LogP contribution in [0, 0.1) is 0 Å². The van der Waals surface area contributed by atoms with Gasteiger partial charge in [0.2, 0.25) is 5.16 Å². The molecule has 1 atom stereocenters. The molecular formula is C19H22N6O2S2. The average Bonchev–Trinajstić information content (AvgIpc) is 3.44. The van der Waals surface area contributed by atoms with Crippen LogP contribution in [0.2, 0.25) is 0 Å². The SMILES string of the molecule is CC(C)(C)c1nnc(SCC(=O)N2N=C(c3ccco3)CC2c2cccs2)n1N. The van der Waals surface area contributed by atoms with Gasteiger partial charge in [-0.2, -0.15) is 5.10 Å². The van der Waals surface area contributed by atoms with E-state index in [1.165, 1.54) is 16.4 Å². The zero-order valence-electron chi connectivity index (χ0n) is 16.4. The number of carbonyl (C=O) groups excluding carboxylic acids is 1. The summed E-state index contributed by atoms with van der Waals surface area (Å²) in [5.74, 6) is 7.53. The quantitative estimate of drug-likeness (QED) is 0.491. The number of aromatic nitrogens is 3. The third kappa shape index (κ3) is 3.95. The number of rotatable bonds is 5. The normalized spacial score (nSPS) is 17.0. The lowest BCUT2D eigenvalue weighted by molar-refractivity contribution is -0.130. The summed E-state index contributed by atoms with van der Waals surface area (Å²) >= 11 is 2.87. The van der Waals surface area contributed by atoms with Gasteiger partial charge in [-0.3, -0.25) is 4.79 Å². The Balaban J connectivity index is 1.52. The number of hydrogen-bond acceptors (Lipinski definition) is 8. The molecule has 0 radical (unpaired) electrons. The molecule has 152 valence electrons. The Labute approximate surface area is 176 Å². The van der Waals surface area contributed by atoms with Crippen LogP contribution in [0.25, 0.3) is 0 Å². The second-order valence-electron chi connectivity index (χ2n) is 7.71. The number of hydrogen-bond donors (Lipinski definition) is 1. The zero-order valence-corrected chi connectivity index (χ0v) is 18.0. The molecule has 3 aromatic heterocycles. The molecule has 0 aromatic carbocycles. The van der Waals surface area contributed by atoms with Crippen LogP contribution in [0.1, 0.15) is 49.7 Å². The standard InChI is InChI=1S/C19H22N6O2S2/c1-19(2,3)17-21-22-18(24(17)20)29-11-16(26)25-13(15-7-5-9-28-15)10-12(23-25)14-6-4-8-27-14/h4-9,13H,10-11,20H2,1-3H3. The van der Waals surface area contributed by atoms with Crippen LogP contribution in [0.5, 0.6) is 0 Å². The minimum atomic E-state index is -0.230. The molecule has 1 aliphatic heterocycles. The van der Waals surface area contributed by atoms with Gasteiger partial charge in [-0.15, -0.1) is 21.5 Å². The Morgan fingerprint density at radius 1 is 1.34 bits per heavy atom. The summed E-state index contributed by atoms with van der Waals surface area (Å²) < 4.78 is 6.94. The second kappa shape index (κ2) is 7.68. The van der Waals surface area contributed by atoms with Gasteiger partial charge in [0.1, 0.15) is 11.5 Å². The van der Waals surface area contributed by atoms with Crippen molar-refractivity contribution in [2.24, 2.45) is 5.10 Å². The summed E-state index contributed by atoms with van der Waals surface area (Å²) in [5, 5.41) is 16.9. The smallest absolute Gasteiger partial charge is 0.253 e. The van der Waals surface area contributed by atoms with E-state index in [0.717, 1.165) is 10.6 Å². The van der Waals surface area contributed by atoms with Gasteiger partial charge in [0.05, 0.1) is 18.1 Å². The highest BCUT2D eigenvalue weighted by atomic mass is 32.2. The molecule has 4 rings (SSSR count). The van der Waals surface area contributed by atoms with E-state index in [2.05, 4.69) is 15.3 Å². The minimum absolute atomic E-state index is 0.115. The fraction of sp³-hybridized carbons (Fsp3) is 0.368. The summed E-state index contributed by atoms with van der Waals surface area (Å²) in [6, 6.07) is 7.55. The molecule has 0 saturated carbocycles. The molecule has 0 aliphatic carbocycles. The van der Waals surface area contributed by atoms with Crippen molar-refractivity contribution in [1.29, 1.82) is 0 Å². The van der Waals surface area contributed by atoms with Gasteiger partial charge in [0.15, 0.2) is 5.82 Å². The third-order valence-electron chi connectivity index (χ3n) is 4.50. The van der Waals surface area contributed by atoms with E-state index in [1.54, 1.807) is 22.6 Å². The van der Waals surface area contributed by atoms with E-state index in [-0.39, 0.29) is 23.1 Å². The Hall–Kier alpha value is -2.59. The van der Waals surface area contributed by atoms with Gasteiger partial charge < -0.3 is 10.3 Å². The van der Waals surface area contributed by atoms with Crippen molar-refractivity contribution in [2.75, 3.05) is 11.6 Å². The van der Waals surface area contributed by atoms with E-state index in [0.29, 0.717) is 23.2 Å². The fourth-order valence-corrected chi connectivity index (χ4v) is 4.63. The maximum atomic E-state index is 13.0. The maximum Gasteiger partial charge on any atom is 0.253 e. The van der Waals surface area contributed by atoms with Crippen LogP contribution in [-0.2, 0) is 10.2 Å². The van der Waals surface area contributed by atoms with Crippen molar-refractivity contribution in [3.8, 4) is 0 Å². The topological polar surface area (TPSA) is 103 Å². The van der Waals surface area contributed by atoms with Crippen molar-refractivity contribution in [2.45, 2.75) is 43.8 Å². The molecule has 0 bridgehead atoms. The van der Waals surface area contributed by atoms with Crippen LogP contribution in [0.15, 0.2) is 50.6 Å². The molecule has 0 saturated heterocycles. The minimum Gasteiger partial charge on any atom is -0.463 e. The highest BCUT2D eigenvalue weighted by Crippen LogP contribution is 2.36. The largest absolute Gasteiger partial charge is 0.463 e. The lowest BCUT2D eigenvalue weighted by atomic mass is 9.96. The highest BCUT2D eigenvalue weighted by molar-refractivity contribution is 7.99. The van der Waals surface area contributed by atoms with Crippen molar-refractivity contribution >= 4 is 34.7 Å². The fourth-order valence-electron chi connectivity index (χ4n) is 3.11. The maximum absolute atomic E-state index is 13.0. The number of thioether (sulfide) groups is 1. The van der Waals surface area contributed by atoms with Crippen LogP contribution in [-0.4, -0.2) is 37.3 Å². The first-order valence-electron chi connectivity index (χ1n) is 9.15. The average molecular weight is 431 g/mol. The molecule has 1 unspecified atom stereocenters. The number of hydrazone groups is 1. The van der Waals surface area contributed by atoms with Crippen LogP contribution >= 0.6 is 23.1 Å². The first kappa shape index (κ1) is 19.7. The van der Waals surface area contributed by atoms with Gasteiger partial charge >= 0.3 is 0 Å². The predicted octanol–water partition coefficient (Wildman–Crippen LogP) is 3.41. The first-order chi connectivity index (χ1) is 13.8. The Kier molecular flexibility index (Phi) is 5.22. The first-order valence-corrected chi connectivity index (χ1v) is 11.0. The molecule has 3 aromatic rings. The molecule has 4 heterocycles. The molecule has 1 aliphatic rings. The van der Waals surface area contributed by atoms with Crippen molar-refractivity contribution in [3.05, 3.63) is 52.4 Å².